The first-order valence-corrected chi connectivity index (χ1v) is 7.56. The van der Waals surface area contributed by atoms with E-state index in [-0.39, 0.29) is 5.82 Å². The maximum Gasteiger partial charge on any atom is 0.160 e. The van der Waals surface area contributed by atoms with Crippen molar-refractivity contribution in [2.24, 2.45) is 0 Å². The number of halogens is 3. The van der Waals surface area contributed by atoms with Gasteiger partial charge >= 0.3 is 0 Å². The molecule has 98 valence electrons. The number of nitrogens with zero attached hydrogens (tertiary/aromatic N) is 2. The highest BCUT2D eigenvalue weighted by Crippen LogP contribution is 2.41. The predicted molar refractivity (Wildman–Crippen MR) is 77.0 cm³/mol. The normalized spacial score (nSPS) is 14.7. The van der Waals surface area contributed by atoms with Gasteiger partial charge in [0, 0.05) is 28.6 Å². The average molecular weight is 342 g/mol. The summed E-state index contributed by atoms with van der Waals surface area (Å²) in [6.45, 7) is 0. The van der Waals surface area contributed by atoms with Gasteiger partial charge in [-0.25, -0.2) is 14.4 Å². The van der Waals surface area contributed by atoms with Crippen LogP contribution in [0.1, 0.15) is 30.0 Å². The summed E-state index contributed by atoms with van der Waals surface area (Å²) < 4.78 is 13.1. The van der Waals surface area contributed by atoms with Crippen LogP contribution in [0.3, 0.4) is 0 Å². The largest absolute Gasteiger partial charge is 0.236 e. The van der Waals surface area contributed by atoms with Gasteiger partial charge < -0.3 is 0 Å². The molecule has 1 aliphatic rings. The Morgan fingerprint density at radius 3 is 2.79 bits per heavy atom. The highest BCUT2D eigenvalue weighted by atomic mass is 79.9. The molecule has 2 aromatic rings. The second-order valence-corrected chi connectivity index (χ2v) is 5.60. The zero-order chi connectivity index (χ0) is 13.4. The molecule has 0 N–H and O–H groups in total. The lowest BCUT2D eigenvalue weighted by molar-refractivity contribution is 0.628. The first-order chi connectivity index (χ1) is 9.19. The van der Waals surface area contributed by atoms with Gasteiger partial charge in [0.05, 0.1) is 10.7 Å². The van der Waals surface area contributed by atoms with Crippen LogP contribution < -0.4 is 0 Å². The van der Waals surface area contributed by atoms with Gasteiger partial charge in [0.15, 0.2) is 5.82 Å². The number of hydrogen-bond donors (Lipinski definition) is 0. The SMILES string of the molecule is Fc1ccc(-c2ncc(CBr)c(C3CC3)n2)c(Cl)c1. The van der Waals surface area contributed by atoms with Crippen molar-refractivity contribution in [3.63, 3.8) is 0 Å². The van der Waals surface area contributed by atoms with Crippen LogP contribution in [0.4, 0.5) is 4.39 Å². The van der Waals surface area contributed by atoms with Gasteiger partial charge in [-0.1, -0.05) is 27.5 Å². The van der Waals surface area contributed by atoms with Gasteiger partial charge in [0.1, 0.15) is 5.82 Å². The van der Waals surface area contributed by atoms with Gasteiger partial charge in [-0.2, -0.15) is 0 Å². The first kappa shape index (κ1) is 13.0. The Hall–Kier alpha value is -1.00. The van der Waals surface area contributed by atoms with Gasteiger partial charge in [-0.05, 0) is 31.0 Å². The summed E-state index contributed by atoms with van der Waals surface area (Å²) in [6, 6.07) is 4.28. The molecule has 2 nitrogen and oxygen atoms in total. The molecule has 0 atom stereocenters. The number of benzene rings is 1. The van der Waals surface area contributed by atoms with Crippen LogP contribution in [0.2, 0.25) is 5.02 Å². The fourth-order valence-corrected chi connectivity index (χ4v) is 2.72. The van der Waals surface area contributed by atoms with Crippen molar-refractivity contribution in [3.05, 3.63) is 46.5 Å². The minimum atomic E-state index is -0.353. The number of aromatic nitrogens is 2. The number of hydrogen-bond acceptors (Lipinski definition) is 2. The molecule has 0 bridgehead atoms. The van der Waals surface area contributed by atoms with Gasteiger partial charge in [-0.3, -0.25) is 0 Å². The lowest BCUT2D eigenvalue weighted by Crippen LogP contribution is -1.99. The molecule has 1 aromatic heterocycles. The van der Waals surface area contributed by atoms with Crippen molar-refractivity contribution >= 4 is 27.5 Å². The van der Waals surface area contributed by atoms with E-state index in [0.717, 1.165) is 16.6 Å². The molecule has 0 spiro atoms. The molecule has 1 fully saturated rings. The van der Waals surface area contributed by atoms with Gasteiger partial charge in [0.2, 0.25) is 0 Å². The minimum Gasteiger partial charge on any atom is -0.236 e. The fraction of sp³-hybridized carbons (Fsp3) is 0.286. The summed E-state index contributed by atoms with van der Waals surface area (Å²) in [5.41, 5.74) is 2.87. The summed E-state index contributed by atoms with van der Waals surface area (Å²) in [5.74, 6) is 0.748. The molecule has 19 heavy (non-hydrogen) atoms. The van der Waals surface area contributed by atoms with Crippen LogP contribution in [0.25, 0.3) is 11.4 Å². The molecule has 5 heteroatoms. The Morgan fingerprint density at radius 2 is 2.16 bits per heavy atom. The third-order valence-electron chi connectivity index (χ3n) is 3.18. The van der Waals surface area contributed by atoms with E-state index in [2.05, 4.69) is 25.9 Å². The van der Waals surface area contributed by atoms with E-state index in [1.165, 1.54) is 25.0 Å². The van der Waals surface area contributed by atoms with Crippen molar-refractivity contribution in [3.8, 4) is 11.4 Å². The van der Waals surface area contributed by atoms with Crippen LogP contribution in [-0.2, 0) is 5.33 Å². The van der Waals surface area contributed by atoms with Crippen molar-refractivity contribution in [1.82, 2.24) is 9.97 Å². The topological polar surface area (TPSA) is 25.8 Å². The van der Waals surface area contributed by atoms with E-state index in [1.807, 2.05) is 6.20 Å². The van der Waals surface area contributed by atoms with E-state index in [9.17, 15) is 4.39 Å². The predicted octanol–water partition coefficient (Wildman–Crippen LogP) is 4.71. The Morgan fingerprint density at radius 1 is 1.37 bits per heavy atom. The summed E-state index contributed by atoms with van der Waals surface area (Å²) in [4.78, 5) is 8.95. The Labute approximate surface area is 124 Å². The standard InChI is InChI=1S/C14H11BrClFN2/c15-6-9-7-18-14(19-13(9)8-1-2-8)11-4-3-10(17)5-12(11)16/h3-5,7-8H,1-2,6H2. The van der Waals surface area contributed by atoms with E-state index in [0.29, 0.717) is 22.3 Å². The molecule has 1 heterocycles. The van der Waals surface area contributed by atoms with Crippen LogP contribution >= 0.6 is 27.5 Å². The Bertz CT molecular complexity index is 629. The van der Waals surface area contributed by atoms with Crippen LogP contribution in [0.15, 0.2) is 24.4 Å². The smallest absolute Gasteiger partial charge is 0.160 e. The van der Waals surface area contributed by atoms with Gasteiger partial charge in [0.25, 0.3) is 0 Å². The molecule has 1 aliphatic carbocycles. The molecule has 0 amide bonds. The third kappa shape index (κ3) is 2.65. The summed E-state index contributed by atoms with van der Waals surface area (Å²) in [6.07, 6.45) is 4.17. The van der Waals surface area contributed by atoms with E-state index < -0.39 is 0 Å². The van der Waals surface area contributed by atoms with Gasteiger partial charge in [-0.15, -0.1) is 0 Å². The molecular formula is C14H11BrClFN2. The molecule has 1 saturated carbocycles. The van der Waals surface area contributed by atoms with Crippen LogP contribution in [0.5, 0.6) is 0 Å². The zero-order valence-electron chi connectivity index (χ0n) is 10.0. The maximum atomic E-state index is 13.1. The lowest BCUT2D eigenvalue weighted by atomic mass is 10.1. The quantitative estimate of drug-likeness (QED) is 0.756. The monoisotopic (exact) mass is 340 g/mol. The minimum absolute atomic E-state index is 0.341. The summed E-state index contributed by atoms with van der Waals surface area (Å²) in [5, 5.41) is 1.09. The van der Waals surface area contributed by atoms with E-state index in [1.54, 1.807) is 6.07 Å². The van der Waals surface area contributed by atoms with Crippen molar-refractivity contribution in [2.75, 3.05) is 0 Å². The third-order valence-corrected chi connectivity index (χ3v) is 4.09. The Balaban J connectivity index is 2.07. The lowest BCUT2D eigenvalue weighted by Gasteiger charge is -2.08. The summed E-state index contributed by atoms with van der Waals surface area (Å²) >= 11 is 9.51. The maximum absolute atomic E-state index is 13.1. The zero-order valence-corrected chi connectivity index (χ0v) is 12.4. The molecule has 0 radical (unpaired) electrons. The second kappa shape index (κ2) is 5.17. The Kier molecular flexibility index (Phi) is 3.54. The fourth-order valence-electron chi connectivity index (χ4n) is 2.03. The molecule has 0 unspecified atom stereocenters. The summed E-state index contributed by atoms with van der Waals surface area (Å²) in [7, 11) is 0. The van der Waals surface area contributed by atoms with Crippen LogP contribution in [0, 0.1) is 5.82 Å². The molecular weight excluding hydrogens is 331 g/mol. The number of alkyl halides is 1. The average Bonchev–Trinajstić information content (AvgIpc) is 3.22. The van der Waals surface area contributed by atoms with E-state index in [4.69, 9.17) is 11.6 Å². The highest BCUT2D eigenvalue weighted by Gasteiger charge is 2.28. The van der Waals surface area contributed by atoms with Crippen molar-refractivity contribution < 1.29 is 4.39 Å². The van der Waals surface area contributed by atoms with Crippen molar-refractivity contribution in [2.45, 2.75) is 24.1 Å². The first-order valence-electron chi connectivity index (χ1n) is 6.06. The molecule has 0 aliphatic heterocycles. The van der Waals surface area contributed by atoms with E-state index >= 15 is 0 Å². The molecule has 0 saturated heterocycles. The highest BCUT2D eigenvalue weighted by molar-refractivity contribution is 9.08. The number of rotatable bonds is 3. The molecule has 1 aromatic carbocycles. The van der Waals surface area contributed by atoms with Crippen LogP contribution in [-0.4, -0.2) is 9.97 Å². The molecule has 3 rings (SSSR count). The second-order valence-electron chi connectivity index (χ2n) is 4.64. The van der Waals surface area contributed by atoms with Crippen molar-refractivity contribution in [1.29, 1.82) is 0 Å².